The number of carbonyl (C=O) groups excluding carboxylic acids is 1. The fourth-order valence-corrected chi connectivity index (χ4v) is 3.60. The Balaban J connectivity index is 1.88. The van der Waals surface area contributed by atoms with Crippen LogP contribution in [0.3, 0.4) is 0 Å². The van der Waals surface area contributed by atoms with Crippen molar-refractivity contribution >= 4 is 5.97 Å². The second-order valence-electron chi connectivity index (χ2n) is 8.58. The third kappa shape index (κ3) is 15.6. The number of benzene rings is 1. The van der Waals surface area contributed by atoms with Gasteiger partial charge >= 0.3 is 5.97 Å². The van der Waals surface area contributed by atoms with Gasteiger partial charge in [-0.3, -0.25) is 4.79 Å². The zero-order chi connectivity index (χ0) is 22.6. The van der Waals surface area contributed by atoms with Crippen molar-refractivity contribution in [2.75, 3.05) is 6.61 Å². The van der Waals surface area contributed by atoms with Gasteiger partial charge in [0.25, 0.3) is 0 Å². The molecule has 0 radical (unpaired) electrons. The number of rotatable bonds is 19. The van der Waals surface area contributed by atoms with E-state index in [4.69, 9.17) is 10.5 Å². The molecule has 176 valence electrons. The minimum absolute atomic E-state index is 0.208. The van der Waals surface area contributed by atoms with E-state index in [0.717, 1.165) is 18.4 Å². The number of esters is 1. The molecule has 0 spiro atoms. The minimum atomic E-state index is -0.654. The highest BCUT2D eigenvalue weighted by Crippen LogP contribution is 2.12. The Morgan fingerprint density at radius 3 is 1.97 bits per heavy atom. The first-order chi connectivity index (χ1) is 15.1. The summed E-state index contributed by atoms with van der Waals surface area (Å²) in [6, 6.07) is 6.08. The number of phenols is 1. The molecule has 0 fully saturated rings. The molecule has 1 aromatic rings. The molecule has 4 nitrogen and oxygen atoms in total. The van der Waals surface area contributed by atoms with Crippen LogP contribution in [0.4, 0.5) is 0 Å². The van der Waals surface area contributed by atoms with E-state index in [9.17, 15) is 9.90 Å². The SMILES string of the molecule is CCCCCCCC/C=C\CCCCCCCCOC(=O)[C@@H](N)Cc1ccc(O)cc1. The topological polar surface area (TPSA) is 72.5 Å². The summed E-state index contributed by atoms with van der Waals surface area (Å²) in [5, 5.41) is 9.29. The van der Waals surface area contributed by atoms with Gasteiger partial charge in [-0.2, -0.15) is 0 Å². The monoisotopic (exact) mass is 431 g/mol. The summed E-state index contributed by atoms with van der Waals surface area (Å²) in [7, 11) is 0. The number of carbonyl (C=O) groups is 1. The zero-order valence-electron chi connectivity index (χ0n) is 19.7. The number of hydrogen-bond acceptors (Lipinski definition) is 4. The van der Waals surface area contributed by atoms with Crippen LogP contribution >= 0.6 is 0 Å². The first-order valence-corrected chi connectivity index (χ1v) is 12.5. The van der Waals surface area contributed by atoms with Crippen molar-refractivity contribution in [3.8, 4) is 5.75 Å². The predicted octanol–water partition coefficient (Wildman–Crippen LogP) is 6.84. The number of aromatic hydroxyl groups is 1. The molecule has 0 amide bonds. The molecule has 1 atom stereocenters. The van der Waals surface area contributed by atoms with Crippen molar-refractivity contribution in [3.63, 3.8) is 0 Å². The fraction of sp³-hybridized carbons (Fsp3) is 0.667. The molecule has 1 rings (SSSR count). The first-order valence-electron chi connectivity index (χ1n) is 12.5. The van der Waals surface area contributed by atoms with Gasteiger partial charge in [0.1, 0.15) is 11.8 Å². The third-order valence-corrected chi connectivity index (χ3v) is 5.60. The molecule has 0 bridgehead atoms. The van der Waals surface area contributed by atoms with Gasteiger partial charge in [-0.1, -0.05) is 89.0 Å². The largest absolute Gasteiger partial charge is 0.508 e. The Morgan fingerprint density at radius 1 is 0.871 bits per heavy atom. The van der Waals surface area contributed by atoms with E-state index in [1.54, 1.807) is 24.3 Å². The Kier molecular flexibility index (Phi) is 16.6. The fourth-order valence-electron chi connectivity index (χ4n) is 3.60. The standard InChI is InChI=1S/C27H45NO3/c1-2-3-4-5-6-7-8-9-10-11-12-13-14-15-16-17-22-31-27(30)26(28)23-24-18-20-25(29)21-19-24/h9-10,18-21,26,29H,2-8,11-17,22-23,28H2,1H3/b10-9-/t26-/m0/s1. The van der Waals surface area contributed by atoms with Crippen molar-refractivity contribution < 1.29 is 14.6 Å². The van der Waals surface area contributed by atoms with Crippen LogP contribution in [0.25, 0.3) is 0 Å². The second kappa shape index (κ2) is 18.9. The molecule has 0 aliphatic rings. The molecule has 0 aliphatic carbocycles. The average Bonchev–Trinajstić information content (AvgIpc) is 2.77. The lowest BCUT2D eigenvalue weighted by Gasteiger charge is -2.11. The lowest BCUT2D eigenvalue weighted by atomic mass is 10.1. The zero-order valence-corrected chi connectivity index (χ0v) is 19.7. The molecular weight excluding hydrogens is 386 g/mol. The van der Waals surface area contributed by atoms with Gasteiger partial charge in [-0.15, -0.1) is 0 Å². The Labute approximate surface area is 190 Å². The van der Waals surface area contributed by atoms with Crippen LogP contribution in [0.2, 0.25) is 0 Å². The number of hydrogen-bond donors (Lipinski definition) is 2. The van der Waals surface area contributed by atoms with Gasteiger partial charge in [-0.05, 0) is 56.2 Å². The summed E-state index contributed by atoms with van der Waals surface area (Å²) >= 11 is 0. The van der Waals surface area contributed by atoms with Crippen LogP contribution in [0.1, 0.15) is 102 Å². The second-order valence-corrected chi connectivity index (χ2v) is 8.58. The summed E-state index contributed by atoms with van der Waals surface area (Å²) in [5.74, 6) is -0.138. The smallest absolute Gasteiger partial charge is 0.323 e. The van der Waals surface area contributed by atoms with E-state index >= 15 is 0 Å². The van der Waals surface area contributed by atoms with E-state index in [1.807, 2.05) is 0 Å². The summed E-state index contributed by atoms with van der Waals surface area (Å²) in [6.07, 6.45) is 22.8. The summed E-state index contributed by atoms with van der Waals surface area (Å²) in [4.78, 5) is 12.0. The quantitative estimate of drug-likeness (QED) is 0.143. The summed E-state index contributed by atoms with van der Waals surface area (Å²) in [6.45, 7) is 2.71. The van der Waals surface area contributed by atoms with Crippen LogP contribution in [0, 0.1) is 0 Å². The first kappa shape index (κ1) is 27.2. The maximum Gasteiger partial charge on any atom is 0.323 e. The van der Waals surface area contributed by atoms with E-state index in [-0.39, 0.29) is 11.7 Å². The lowest BCUT2D eigenvalue weighted by molar-refractivity contribution is -0.145. The van der Waals surface area contributed by atoms with Crippen LogP contribution in [0.15, 0.2) is 36.4 Å². The maximum absolute atomic E-state index is 12.0. The molecule has 4 heteroatoms. The van der Waals surface area contributed by atoms with E-state index in [2.05, 4.69) is 19.1 Å². The summed E-state index contributed by atoms with van der Waals surface area (Å²) < 4.78 is 5.30. The minimum Gasteiger partial charge on any atom is -0.508 e. The van der Waals surface area contributed by atoms with E-state index in [0.29, 0.717) is 13.0 Å². The van der Waals surface area contributed by atoms with Crippen molar-refractivity contribution in [2.24, 2.45) is 5.73 Å². The highest BCUT2D eigenvalue weighted by molar-refractivity contribution is 5.75. The molecule has 0 aromatic heterocycles. The van der Waals surface area contributed by atoms with Crippen molar-refractivity contribution in [2.45, 2.75) is 109 Å². The number of ether oxygens (including phenoxy) is 1. The highest BCUT2D eigenvalue weighted by Gasteiger charge is 2.15. The molecule has 0 aliphatic heterocycles. The van der Waals surface area contributed by atoms with Gasteiger partial charge < -0.3 is 15.6 Å². The van der Waals surface area contributed by atoms with Gasteiger partial charge in [0.2, 0.25) is 0 Å². The number of allylic oxidation sites excluding steroid dienone is 2. The van der Waals surface area contributed by atoms with E-state index < -0.39 is 6.04 Å². The normalized spacial score (nSPS) is 12.3. The van der Waals surface area contributed by atoms with Gasteiger partial charge in [0.05, 0.1) is 6.61 Å². The van der Waals surface area contributed by atoms with Crippen LogP contribution in [0.5, 0.6) is 5.75 Å². The number of phenolic OH excluding ortho intramolecular Hbond substituents is 1. The van der Waals surface area contributed by atoms with Crippen molar-refractivity contribution in [1.82, 2.24) is 0 Å². The molecule has 31 heavy (non-hydrogen) atoms. The lowest BCUT2D eigenvalue weighted by Crippen LogP contribution is -2.34. The van der Waals surface area contributed by atoms with Gasteiger partial charge in [0, 0.05) is 0 Å². The summed E-state index contributed by atoms with van der Waals surface area (Å²) in [5.41, 5.74) is 6.83. The maximum atomic E-state index is 12.0. The van der Waals surface area contributed by atoms with Crippen LogP contribution in [-0.4, -0.2) is 23.7 Å². The third-order valence-electron chi connectivity index (χ3n) is 5.60. The molecular formula is C27H45NO3. The molecule has 0 heterocycles. The predicted molar refractivity (Wildman–Crippen MR) is 130 cm³/mol. The number of unbranched alkanes of at least 4 members (excludes halogenated alkanes) is 12. The van der Waals surface area contributed by atoms with Crippen molar-refractivity contribution in [1.29, 1.82) is 0 Å². The molecule has 0 unspecified atom stereocenters. The number of nitrogens with two attached hydrogens (primary N) is 1. The highest BCUT2D eigenvalue weighted by atomic mass is 16.5. The average molecular weight is 432 g/mol. The molecule has 3 N–H and O–H groups in total. The van der Waals surface area contributed by atoms with Crippen molar-refractivity contribution in [3.05, 3.63) is 42.0 Å². The Bertz CT molecular complexity index is 583. The van der Waals surface area contributed by atoms with Gasteiger partial charge in [-0.25, -0.2) is 0 Å². The van der Waals surface area contributed by atoms with E-state index in [1.165, 1.54) is 77.0 Å². The van der Waals surface area contributed by atoms with Crippen LogP contribution < -0.4 is 5.73 Å². The van der Waals surface area contributed by atoms with Crippen LogP contribution in [-0.2, 0) is 16.0 Å². The Morgan fingerprint density at radius 2 is 1.39 bits per heavy atom. The molecule has 1 aromatic carbocycles. The molecule has 0 saturated carbocycles. The molecule has 0 saturated heterocycles. The van der Waals surface area contributed by atoms with Gasteiger partial charge in [0.15, 0.2) is 0 Å². The Hall–Kier alpha value is -1.81.